The first-order valence-corrected chi connectivity index (χ1v) is 7.33. The maximum absolute atomic E-state index is 9.48. The summed E-state index contributed by atoms with van der Waals surface area (Å²) in [5, 5.41) is 13.1. The van der Waals surface area contributed by atoms with E-state index in [4.69, 9.17) is 4.74 Å². The number of hydrogen-bond acceptors (Lipinski definition) is 3. The molecule has 2 rings (SSSR count). The molecule has 112 valence electrons. The highest BCUT2D eigenvalue weighted by atomic mass is 16.5. The smallest absolute Gasteiger partial charge is 0.115 e. The zero-order valence-electron chi connectivity index (χ0n) is 12.6. The van der Waals surface area contributed by atoms with Crippen LogP contribution in [-0.2, 0) is 4.74 Å². The first kappa shape index (κ1) is 15.5. The molecule has 0 fully saturated rings. The van der Waals surface area contributed by atoms with Crippen molar-refractivity contribution in [3.8, 4) is 5.75 Å². The Labute approximate surface area is 126 Å². The van der Waals surface area contributed by atoms with E-state index >= 15 is 0 Å². The van der Waals surface area contributed by atoms with Gasteiger partial charge in [0.15, 0.2) is 0 Å². The maximum Gasteiger partial charge on any atom is 0.115 e. The summed E-state index contributed by atoms with van der Waals surface area (Å²) in [7, 11) is 1.72. The van der Waals surface area contributed by atoms with E-state index < -0.39 is 0 Å². The molecule has 2 unspecified atom stereocenters. The van der Waals surface area contributed by atoms with Crippen molar-refractivity contribution in [1.82, 2.24) is 5.32 Å². The number of phenolic OH excluding ortho intramolecular Hbond substituents is 1. The average molecular weight is 285 g/mol. The lowest BCUT2D eigenvalue weighted by atomic mass is 9.97. The molecular formula is C18H23NO2. The van der Waals surface area contributed by atoms with Gasteiger partial charge < -0.3 is 15.2 Å². The first-order chi connectivity index (χ1) is 10.2. The Morgan fingerprint density at radius 2 is 1.62 bits per heavy atom. The number of rotatable bonds is 7. The molecule has 0 aliphatic carbocycles. The van der Waals surface area contributed by atoms with Gasteiger partial charge in [-0.25, -0.2) is 0 Å². The number of aromatic hydroxyl groups is 1. The molecule has 0 spiro atoms. The monoisotopic (exact) mass is 285 g/mol. The van der Waals surface area contributed by atoms with E-state index in [1.807, 2.05) is 30.3 Å². The highest BCUT2D eigenvalue weighted by Crippen LogP contribution is 2.24. The van der Waals surface area contributed by atoms with Crippen LogP contribution in [0, 0.1) is 0 Å². The Hall–Kier alpha value is -1.84. The molecule has 0 aromatic heterocycles. The summed E-state index contributed by atoms with van der Waals surface area (Å²) < 4.78 is 5.28. The van der Waals surface area contributed by atoms with Gasteiger partial charge in [0.25, 0.3) is 0 Å². The zero-order chi connectivity index (χ0) is 15.1. The summed E-state index contributed by atoms with van der Waals surface area (Å²) in [4.78, 5) is 0. The van der Waals surface area contributed by atoms with Crippen LogP contribution in [0.25, 0.3) is 0 Å². The maximum atomic E-state index is 9.48. The van der Waals surface area contributed by atoms with Crippen LogP contribution in [0.4, 0.5) is 0 Å². The molecule has 0 heterocycles. The second-order valence-corrected chi connectivity index (χ2v) is 5.16. The highest BCUT2D eigenvalue weighted by molar-refractivity contribution is 5.35. The second-order valence-electron chi connectivity index (χ2n) is 5.16. The third-order valence-electron chi connectivity index (χ3n) is 3.62. The van der Waals surface area contributed by atoms with Crippen LogP contribution in [0.1, 0.15) is 30.5 Å². The fraction of sp³-hybridized carbons (Fsp3) is 0.333. The molecule has 0 aliphatic heterocycles. The van der Waals surface area contributed by atoms with Crippen molar-refractivity contribution in [3.05, 3.63) is 65.7 Å². The average Bonchev–Trinajstić information content (AvgIpc) is 2.53. The van der Waals surface area contributed by atoms with Crippen LogP contribution < -0.4 is 5.32 Å². The molecule has 0 amide bonds. The largest absolute Gasteiger partial charge is 0.508 e. The molecule has 0 saturated carbocycles. The summed E-state index contributed by atoms with van der Waals surface area (Å²) in [6, 6.07) is 18.1. The van der Waals surface area contributed by atoms with Crippen molar-refractivity contribution >= 4 is 0 Å². The molecule has 0 aliphatic rings. The third-order valence-corrected chi connectivity index (χ3v) is 3.62. The van der Waals surface area contributed by atoms with Gasteiger partial charge in [-0.2, -0.15) is 0 Å². The first-order valence-electron chi connectivity index (χ1n) is 7.33. The molecule has 0 bridgehead atoms. The van der Waals surface area contributed by atoms with Gasteiger partial charge in [0, 0.05) is 13.2 Å². The zero-order valence-corrected chi connectivity index (χ0v) is 12.6. The summed E-state index contributed by atoms with van der Waals surface area (Å²) in [6.45, 7) is 2.83. The number of benzene rings is 2. The lowest BCUT2D eigenvalue weighted by Crippen LogP contribution is -2.36. The Balaban J connectivity index is 2.28. The van der Waals surface area contributed by atoms with Crippen molar-refractivity contribution in [2.45, 2.75) is 25.4 Å². The number of hydrogen-bond donors (Lipinski definition) is 2. The van der Waals surface area contributed by atoms with Crippen LogP contribution in [-0.4, -0.2) is 24.9 Å². The van der Waals surface area contributed by atoms with Crippen molar-refractivity contribution in [2.75, 3.05) is 13.7 Å². The van der Waals surface area contributed by atoms with Crippen LogP contribution in [0.15, 0.2) is 54.6 Å². The van der Waals surface area contributed by atoms with Crippen molar-refractivity contribution < 1.29 is 9.84 Å². The minimum atomic E-state index is 0.0897. The Morgan fingerprint density at radius 1 is 1.00 bits per heavy atom. The van der Waals surface area contributed by atoms with E-state index in [1.165, 1.54) is 5.56 Å². The molecule has 2 atom stereocenters. The molecule has 3 heteroatoms. The standard InChI is InChI=1S/C18H23NO2/c1-3-16(13-21-2)19-18(14-7-5-4-6-8-14)15-9-11-17(20)12-10-15/h4-12,16,18-20H,3,13H2,1-2H3. The Morgan fingerprint density at radius 3 is 2.19 bits per heavy atom. The highest BCUT2D eigenvalue weighted by Gasteiger charge is 2.17. The van der Waals surface area contributed by atoms with E-state index in [1.54, 1.807) is 19.2 Å². The molecule has 0 saturated heterocycles. The van der Waals surface area contributed by atoms with E-state index in [-0.39, 0.29) is 17.8 Å². The summed E-state index contributed by atoms with van der Waals surface area (Å²) in [6.07, 6.45) is 0.995. The van der Waals surface area contributed by atoms with Gasteiger partial charge in [0.2, 0.25) is 0 Å². The van der Waals surface area contributed by atoms with E-state index in [0.29, 0.717) is 6.61 Å². The van der Waals surface area contributed by atoms with Crippen LogP contribution >= 0.6 is 0 Å². The number of nitrogens with one attached hydrogen (secondary N) is 1. The Bertz CT molecular complexity index is 525. The Kier molecular flexibility index (Phi) is 5.78. The number of phenols is 1. The van der Waals surface area contributed by atoms with Crippen molar-refractivity contribution in [3.63, 3.8) is 0 Å². The van der Waals surface area contributed by atoms with Gasteiger partial charge in [-0.3, -0.25) is 0 Å². The lowest BCUT2D eigenvalue weighted by Gasteiger charge is -2.25. The van der Waals surface area contributed by atoms with Gasteiger partial charge >= 0.3 is 0 Å². The van der Waals surface area contributed by atoms with E-state index in [0.717, 1.165) is 12.0 Å². The topological polar surface area (TPSA) is 41.5 Å². The van der Waals surface area contributed by atoms with Gasteiger partial charge in [0.05, 0.1) is 12.6 Å². The van der Waals surface area contributed by atoms with E-state index in [2.05, 4.69) is 24.4 Å². The number of methoxy groups -OCH3 is 1. The predicted octanol–water partition coefficient (Wildman–Crippen LogP) is 3.50. The second kappa shape index (κ2) is 7.81. The molecule has 2 aromatic carbocycles. The SMILES string of the molecule is CCC(COC)NC(c1ccccc1)c1ccc(O)cc1. The van der Waals surface area contributed by atoms with Crippen LogP contribution in [0.5, 0.6) is 5.75 Å². The fourth-order valence-electron chi connectivity index (χ4n) is 2.42. The van der Waals surface area contributed by atoms with Crippen molar-refractivity contribution in [1.29, 1.82) is 0 Å². The predicted molar refractivity (Wildman–Crippen MR) is 85.5 cm³/mol. The van der Waals surface area contributed by atoms with Gasteiger partial charge in [-0.1, -0.05) is 49.4 Å². The lowest BCUT2D eigenvalue weighted by molar-refractivity contribution is 0.161. The fourth-order valence-corrected chi connectivity index (χ4v) is 2.42. The molecule has 3 nitrogen and oxygen atoms in total. The summed E-state index contributed by atoms with van der Waals surface area (Å²) in [5.74, 6) is 0.287. The minimum Gasteiger partial charge on any atom is -0.508 e. The molecule has 2 aromatic rings. The quantitative estimate of drug-likeness (QED) is 0.818. The van der Waals surface area contributed by atoms with Crippen LogP contribution in [0.3, 0.4) is 0 Å². The van der Waals surface area contributed by atoms with Gasteiger partial charge in [0.1, 0.15) is 5.75 Å². The third kappa shape index (κ3) is 4.31. The van der Waals surface area contributed by atoms with E-state index in [9.17, 15) is 5.11 Å². The minimum absolute atomic E-state index is 0.0897. The van der Waals surface area contributed by atoms with Crippen molar-refractivity contribution in [2.24, 2.45) is 0 Å². The van der Waals surface area contributed by atoms with Gasteiger partial charge in [-0.05, 0) is 29.7 Å². The molecule has 21 heavy (non-hydrogen) atoms. The normalized spacial score (nSPS) is 13.8. The molecule has 2 N–H and O–H groups in total. The van der Waals surface area contributed by atoms with Crippen LogP contribution in [0.2, 0.25) is 0 Å². The summed E-state index contributed by atoms with van der Waals surface area (Å²) in [5.41, 5.74) is 2.34. The molecule has 0 radical (unpaired) electrons. The summed E-state index contributed by atoms with van der Waals surface area (Å²) >= 11 is 0. The number of ether oxygens (including phenoxy) is 1. The molecular weight excluding hydrogens is 262 g/mol. The van der Waals surface area contributed by atoms with Gasteiger partial charge in [-0.15, -0.1) is 0 Å².